The third-order valence-corrected chi connectivity index (χ3v) is 6.23. The number of aliphatic carboxylic acids is 1. The summed E-state index contributed by atoms with van der Waals surface area (Å²) in [4.78, 5) is 47.0. The molecule has 0 aliphatic carbocycles. The zero-order valence-electron chi connectivity index (χ0n) is 19.8. The number of nitrogens with one attached hydrogen (secondary N) is 2. The number of carboxylic acid groups (broad SMARTS) is 1. The first-order chi connectivity index (χ1) is 17.2. The molecule has 3 heterocycles. The van der Waals surface area contributed by atoms with Crippen LogP contribution >= 0.6 is 11.6 Å². The number of hydrogen-bond acceptors (Lipinski definition) is 7. The number of aliphatic hydroxyl groups is 1. The van der Waals surface area contributed by atoms with E-state index in [2.05, 4.69) is 34.0 Å². The van der Waals surface area contributed by atoms with Gasteiger partial charge in [0.2, 0.25) is 0 Å². The number of fused-ring (bicyclic) bond motifs is 1. The molecule has 4 rings (SSSR count). The zero-order chi connectivity index (χ0) is 26.0. The molecule has 1 aromatic carbocycles. The summed E-state index contributed by atoms with van der Waals surface area (Å²) in [6.07, 6.45) is 2.36. The highest BCUT2D eigenvalue weighted by Crippen LogP contribution is 2.33. The molecule has 1 fully saturated rings. The number of ketones is 1. The molecule has 2 aromatic heterocycles. The number of piperazine rings is 1. The Morgan fingerprint density at radius 2 is 1.83 bits per heavy atom. The summed E-state index contributed by atoms with van der Waals surface area (Å²) in [6.45, 7) is 6.18. The fourth-order valence-electron chi connectivity index (χ4n) is 4.16. The first kappa shape index (κ1) is 25.1. The van der Waals surface area contributed by atoms with Crippen LogP contribution in [0.5, 0.6) is 0 Å². The Morgan fingerprint density at radius 1 is 1.11 bits per heavy atom. The number of pyridine rings is 1. The Labute approximate surface area is 212 Å². The summed E-state index contributed by atoms with van der Waals surface area (Å²) < 4.78 is 0. The quantitative estimate of drug-likeness (QED) is 0.214. The summed E-state index contributed by atoms with van der Waals surface area (Å²) in [5, 5.41) is 23.2. The summed E-state index contributed by atoms with van der Waals surface area (Å²) >= 11 is 6.53. The van der Waals surface area contributed by atoms with Gasteiger partial charge in [-0.05, 0) is 32.0 Å². The number of anilines is 2. The molecule has 1 aliphatic rings. The first-order valence-corrected chi connectivity index (χ1v) is 11.8. The van der Waals surface area contributed by atoms with Crippen molar-refractivity contribution in [1.82, 2.24) is 14.9 Å². The molecular formula is C25H26ClN5O5. The summed E-state index contributed by atoms with van der Waals surface area (Å²) in [6, 6.07) is 8.87. The van der Waals surface area contributed by atoms with Crippen LogP contribution < -0.4 is 10.2 Å². The number of halogens is 1. The summed E-state index contributed by atoms with van der Waals surface area (Å²) in [5.74, 6) is -2.96. The first-order valence-electron chi connectivity index (χ1n) is 11.4. The van der Waals surface area contributed by atoms with Gasteiger partial charge in [0, 0.05) is 55.4 Å². The SMILES string of the molecule is CC(C)Nc1cccnc1N1CCN(C(=O)c2[nH]c3c(C(O)=CC(=O)C(=O)O)cccc3c2Cl)CC1. The lowest BCUT2D eigenvalue weighted by atomic mass is 10.1. The lowest BCUT2D eigenvalue weighted by Gasteiger charge is -2.36. The largest absolute Gasteiger partial charge is 0.507 e. The van der Waals surface area contributed by atoms with Crippen molar-refractivity contribution >= 4 is 57.4 Å². The molecule has 0 atom stereocenters. The standard InChI is InChI=1S/C25H26ClN5O5/c1-14(2)28-17-7-4-8-27-23(17)30-9-11-31(12-10-30)24(34)22-20(26)16-6-3-5-15(21(16)29-22)18(32)13-19(33)25(35)36/h3-8,13-14,28-29,32H,9-12H2,1-2H3,(H,35,36). The van der Waals surface area contributed by atoms with Crippen LogP contribution in [0.3, 0.4) is 0 Å². The van der Waals surface area contributed by atoms with Crippen molar-refractivity contribution in [3.8, 4) is 0 Å². The highest BCUT2D eigenvalue weighted by Gasteiger charge is 2.28. The van der Waals surface area contributed by atoms with Crippen molar-refractivity contribution < 1.29 is 24.6 Å². The predicted molar refractivity (Wildman–Crippen MR) is 138 cm³/mol. The van der Waals surface area contributed by atoms with Crippen molar-refractivity contribution in [2.24, 2.45) is 0 Å². The molecule has 1 aliphatic heterocycles. The van der Waals surface area contributed by atoms with Gasteiger partial charge in [-0.1, -0.05) is 23.7 Å². The number of carbonyl (C=O) groups is 3. The van der Waals surface area contributed by atoms with E-state index in [0.717, 1.165) is 11.5 Å². The molecule has 0 saturated carbocycles. The maximum atomic E-state index is 13.3. The number of aromatic nitrogens is 2. The van der Waals surface area contributed by atoms with E-state index in [4.69, 9.17) is 16.7 Å². The minimum Gasteiger partial charge on any atom is -0.507 e. The maximum Gasteiger partial charge on any atom is 0.376 e. The molecule has 36 heavy (non-hydrogen) atoms. The van der Waals surface area contributed by atoms with E-state index in [9.17, 15) is 19.5 Å². The second kappa shape index (κ2) is 10.3. The lowest BCUT2D eigenvalue weighted by molar-refractivity contribution is -0.146. The molecule has 0 radical (unpaired) electrons. The van der Waals surface area contributed by atoms with E-state index in [0.29, 0.717) is 43.2 Å². The monoisotopic (exact) mass is 511 g/mol. The maximum absolute atomic E-state index is 13.3. The Morgan fingerprint density at radius 3 is 2.50 bits per heavy atom. The van der Waals surface area contributed by atoms with Crippen molar-refractivity contribution in [3.63, 3.8) is 0 Å². The van der Waals surface area contributed by atoms with Gasteiger partial charge in [0.15, 0.2) is 5.82 Å². The average Bonchev–Trinajstić information content (AvgIpc) is 3.20. The molecule has 4 N–H and O–H groups in total. The number of H-pyrrole nitrogens is 1. The molecule has 0 spiro atoms. The molecule has 3 aromatic rings. The second-order valence-electron chi connectivity index (χ2n) is 8.69. The van der Waals surface area contributed by atoms with Crippen LogP contribution in [0.15, 0.2) is 42.6 Å². The number of carboxylic acids is 1. The van der Waals surface area contributed by atoms with Crippen LogP contribution in [0.4, 0.5) is 11.5 Å². The normalized spacial score (nSPS) is 14.4. The topological polar surface area (TPSA) is 139 Å². The minimum atomic E-state index is -1.69. The number of nitrogens with zero attached hydrogens (tertiary/aromatic N) is 3. The zero-order valence-corrected chi connectivity index (χ0v) is 20.5. The highest BCUT2D eigenvalue weighted by molar-refractivity contribution is 6.40. The number of rotatable bonds is 7. The van der Waals surface area contributed by atoms with Gasteiger partial charge in [-0.15, -0.1) is 0 Å². The van der Waals surface area contributed by atoms with Crippen LogP contribution in [0.2, 0.25) is 5.02 Å². The van der Waals surface area contributed by atoms with Gasteiger partial charge in [-0.2, -0.15) is 0 Å². The molecule has 10 nitrogen and oxygen atoms in total. The van der Waals surface area contributed by atoms with E-state index < -0.39 is 17.5 Å². The molecular weight excluding hydrogens is 486 g/mol. The lowest BCUT2D eigenvalue weighted by Crippen LogP contribution is -2.49. The number of para-hydroxylation sites is 1. The van der Waals surface area contributed by atoms with Crippen molar-refractivity contribution in [2.45, 2.75) is 19.9 Å². The van der Waals surface area contributed by atoms with E-state index in [1.807, 2.05) is 12.1 Å². The fraction of sp³-hybridized carbons (Fsp3) is 0.280. The van der Waals surface area contributed by atoms with Gasteiger partial charge in [0.05, 0.1) is 16.2 Å². The summed E-state index contributed by atoms with van der Waals surface area (Å²) in [7, 11) is 0. The Hall–Kier alpha value is -4.05. The molecule has 0 bridgehead atoms. The van der Waals surface area contributed by atoms with Crippen molar-refractivity contribution in [3.05, 3.63) is 58.9 Å². The number of amides is 1. The van der Waals surface area contributed by atoms with E-state index in [1.54, 1.807) is 23.2 Å². The van der Waals surface area contributed by atoms with E-state index >= 15 is 0 Å². The number of aromatic amines is 1. The number of aliphatic hydroxyl groups excluding tert-OH is 1. The highest BCUT2D eigenvalue weighted by atomic mass is 35.5. The number of benzene rings is 1. The van der Waals surface area contributed by atoms with Gasteiger partial charge >= 0.3 is 5.97 Å². The second-order valence-corrected chi connectivity index (χ2v) is 9.07. The van der Waals surface area contributed by atoms with Gasteiger partial charge in [0.25, 0.3) is 11.7 Å². The van der Waals surface area contributed by atoms with E-state index in [-0.39, 0.29) is 28.2 Å². The van der Waals surface area contributed by atoms with E-state index in [1.165, 1.54) is 6.07 Å². The predicted octanol–water partition coefficient (Wildman–Crippen LogP) is 3.55. The Balaban J connectivity index is 1.55. The van der Waals surface area contributed by atoms with Gasteiger partial charge in [-0.3, -0.25) is 9.59 Å². The third kappa shape index (κ3) is 4.99. The van der Waals surface area contributed by atoms with Gasteiger partial charge < -0.3 is 30.3 Å². The third-order valence-electron chi connectivity index (χ3n) is 5.84. The molecule has 11 heteroatoms. The number of carbonyl (C=O) groups excluding carboxylic acids is 2. The Bertz CT molecular complexity index is 1360. The van der Waals surface area contributed by atoms with Crippen molar-refractivity contribution in [1.29, 1.82) is 0 Å². The van der Waals surface area contributed by atoms with Gasteiger partial charge in [0.1, 0.15) is 11.5 Å². The summed E-state index contributed by atoms with van der Waals surface area (Å²) in [5.41, 5.74) is 1.58. The van der Waals surface area contributed by atoms with Crippen molar-refractivity contribution in [2.75, 3.05) is 36.4 Å². The number of hydrogen-bond donors (Lipinski definition) is 4. The fourth-order valence-corrected chi connectivity index (χ4v) is 4.45. The van der Waals surface area contributed by atoms with Crippen LogP contribution in [-0.4, -0.2) is 75.0 Å². The van der Waals surface area contributed by atoms with Gasteiger partial charge in [-0.25, -0.2) is 9.78 Å². The molecule has 1 amide bonds. The molecule has 1 saturated heterocycles. The van der Waals surface area contributed by atoms with Crippen LogP contribution in [0.25, 0.3) is 16.7 Å². The van der Waals surface area contributed by atoms with Crippen LogP contribution in [0, 0.1) is 0 Å². The Kier molecular flexibility index (Phi) is 7.16. The molecule has 0 unspecified atom stereocenters. The molecule has 188 valence electrons. The van der Waals surface area contributed by atoms with Crippen LogP contribution in [-0.2, 0) is 9.59 Å². The smallest absolute Gasteiger partial charge is 0.376 e. The van der Waals surface area contributed by atoms with Crippen LogP contribution in [0.1, 0.15) is 29.9 Å². The average molecular weight is 512 g/mol. The minimum absolute atomic E-state index is 0.157.